The topological polar surface area (TPSA) is 58.9 Å². The molecule has 6 heteroatoms. The Morgan fingerprint density at radius 1 is 1.39 bits per heavy atom. The van der Waals surface area contributed by atoms with Crippen LogP contribution in [0.25, 0.3) is 11.2 Å². The van der Waals surface area contributed by atoms with E-state index in [1.54, 1.807) is 0 Å². The molecule has 0 aliphatic heterocycles. The largest absolute Gasteiger partial charge is 0.337 e. The van der Waals surface area contributed by atoms with Crippen molar-refractivity contribution in [3.63, 3.8) is 0 Å². The van der Waals surface area contributed by atoms with Crippen LogP contribution in [-0.4, -0.2) is 26.1 Å². The lowest BCUT2D eigenvalue weighted by Gasteiger charge is -2.01. The van der Waals surface area contributed by atoms with E-state index in [4.69, 9.17) is 0 Å². The third-order valence-electron chi connectivity index (χ3n) is 2.71. The minimum atomic E-state index is 0. The first-order chi connectivity index (χ1) is 8.17. The lowest BCUT2D eigenvalue weighted by Crippen LogP contribution is -2.14. The Labute approximate surface area is 113 Å². The van der Waals surface area contributed by atoms with Gasteiger partial charge in [0.1, 0.15) is 11.3 Å². The van der Waals surface area contributed by atoms with Gasteiger partial charge in [-0.05, 0) is 13.8 Å². The third kappa shape index (κ3) is 2.56. The molecule has 2 aromatic rings. The zero-order chi connectivity index (χ0) is 12.4. The lowest BCUT2D eigenvalue weighted by atomic mass is 10.2. The van der Waals surface area contributed by atoms with Crippen molar-refractivity contribution in [1.82, 2.24) is 19.5 Å². The van der Waals surface area contributed by atoms with E-state index in [0.29, 0.717) is 5.92 Å². The number of halogens is 1. The summed E-state index contributed by atoms with van der Waals surface area (Å²) in [7, 11) is 0. The molecule has 2 heterocycles. The van der Waals surface area contributed by atoms with Crippen molar-refractivity contribution in [1.29, 1.82) is 0 Å². The van der Waals surface area contributed by atoms with Crippen molar-refractivity contribution >= 4 is 23.6 Å². The molecule has 0 unspecified atom stereocenters. The van der Waals surface area contributed by atoms with E-state index in [-0.39, 0.29) is 12.4 Å². The summed E-state index contributed by atoms with van der Waals surface area (Å²) in [5.41, 5.74) is 2.64. The van der Waals surface area contributed by atoms with Crippen molar-refractivity contribution in [3.8, 4) is 0 Å². The Morgan fingerprint density at radius 2 is 2.11 bits per heavy atom. The van der Waals surface area contributed by atoms with Gasteiger partial charge < -0.3 is 9.55 Å². The molecule has 0 saturated carbocycles. The fraction of sp³-hybridized carbons (Fsp3) is 0.583. The van der Waals surface area contributed by atoms with Gasteiger partial charge in [0.2, 0.25) is 0 Å². The van der Waals surface area contributed by atoms with Crippen LogP contribution < -0.4 is 5.49 Å². The molecule has 1 N–H and O–H groups in total. The first-order valence-corrected chi connectivity index (χ1v) is 6.12. The molecule has 2 aromatic heterocycles. The molecule has 0 radical (unpaired) electrons. The second-order valence-corrected chi connectivity index (χ2v) is 4.30. The molecule has 0 fully saturated rings. The van der Waals surface area contributed by atoms with Crippen LogP contribution in [0.3, 0.4) is 0 Å². The Hall–Kier alpha value is -1.36. The fourth-order valence-electron chi connectivity index (χ4n) is 1.76. The molecule has 0 amide bonds. The van der Waals surface area contributed by atoms with Gasteiger partial charge in [-0.15, -0.1) is 12.4 Å². The Balaban J connectivity index is 0.00000162. The van der Waals surface area contributed by atoms with Crippen LogP contribution in [0.4, 0.5) is 0 Å². The van der Waals surface area contributed by atoms with Crippen LogP contribution in [0.5, 0.6) is 0 Å². The maximum Gasteiger partial charge on any atom is 0.176 e. The smallest absolute Gasteiger partial charge is 0.176 e. The van der Waals surface area contributed by atoms with E-state index in [0.717, 1.165) is 35.6 Å². The normalized spacial score (nSPS) is 12.2. The number of rotatable bonds is 3. The van der Waals surface area contributed by atoms with Crippen molar-refractivity contribution in [2.45, 2.75) is 40.2 Å². The lowest BCUT2D eigenvalue weighted by molar-refractivity contribution is 0.746. The summed E-state index contributed by atoms with van der Waals surface area (Å²) < 4.78 is 2.03. The highest BCUT2D eigenvalue weighted by Crippen LogP contribution is 2.13. The molecule has 0 spiro atoms. The average molecular weight is 270 g/mol. The number of aryl methyl sites for hydroxylation is 1. The molecule has 100 valence electrons. The molecule has 0 bridgehead atoms. The van der Waals surface area contributed by atoms with E-state index in [9.17, 15) is 0 Å². The highest BCUT2D eigenvalue weighted by Gasteiger charge is 2.10. The van der Waals surface area contributed by atoms with Crippen LogP contribution in [0.15, 0.2) is 11.3 Å². The van der Waals surface area contributed by atoms with Gasteiger partial charge in [0.25, 0.3) is 0 Å². The van der Waals surface area contributed by atoms with E-state index in [2.05, 4.69) is 40.7 Å². The second kappa shape index (κ2) is 6.00. The van der Waals surface area contributed by atoms with Gasteiger partial charge in [-0.25, -0.2) is 9.97 Å². The molecular weight excluding hydrogens is 250 g/mol. The van der Waals surface area contributed by atoms with Gasteiger partial charge >= 0.3 is 0 Å². The molecule has 0 aliphatic rings. The summed E-state index contributed by atoms with van der Waals surface area (Å²) in [6.45, 7) is 9.93. The number of hydrogen-bond donors (Lipinski definition) is 1. The molecule has 0 aliphatic carbocycles. The number of imidazole rings is 1. The number of nitrogens with one attached hydrogen (secondary N) is 1. The predicted octanol–water partition coefficient (Wildman–Crippen LogP) is 2.25. The number of fused-ring (bicyclic) bond motifs is 1. The first-order valence-electron chi connectivity index (χ1n) is 6.12. The van der Waals surface area contributed by atoms with Gasteiger partial charge in [0.05, 0.1) is 6.33 Å². The summed E-state index contributed by atoms with van der Waals surface area (Å²) in [4.78, 5) is 16.7. The van der Waals surface area contributed by atoms with Crippen LogP contribution >= 0.6 is 12.4 Å². The maximum absolute atomic E-state index is 4.63. The molecule has 5 nitrogen and oxygen atoms in total. The molecule has 0 atom stereocenters. The minimum absolute atomic E-state index is 0. The SMILES string of the molecule is CCN=c1ncn(CC)c2nc(C(C)C)[nH]c12.Cl. The van der Waals surface area contributed by atoms with Gasteiger partial charge in [-0.2, -0.15) is 0 Å². The third-order valence-corrected chi connectivity index (χ3v) is 2.71. The van der Waals surface area contributed by atoms with Gasteiger partial charge in [-0.1, -0.05) is 13.8 Å². The Bertz CT molecular complexity index is 582. The molecule has 2 rings (SSSR count). The number of aromatic nitrogens is 4. The molecule has 0 saturated heterocycles. The maximum atomic E-state index is 4.63. The predicted molar refractivity (Wildman–Crippen MR) is 75.0 cm³/mol. The standard InChI is InChI=1S/C12H19N5.ClH/c1-5-13-11-9-12(17(6-2)7-14-11)16-10(15-9)8(3)4;/h7-8H,5-6H2,1-4H3,(H,15,16);1H. The van der Waals surface area contributed by atoms with E-state index >= 15 is 0 Å². The number of aromatic amines is 1. The Kier molecular flexibility index (Phi) is 4.90. The molecule has 18 heavy (non-hydrogen) atoms. The van der Waals surface area contributed by atoms with Gasteiger partial charge in [0, 0.05) is 19.0 Å². The fourth-order valence-corrected chi connectivity index (χ4v) is 1.76. The quantitative estimate of drug-likeness (QED) is 0.929. The summed E-state index contributed by atoms with van der Waals surface area (Å²) in [5.74, 6) is 1.37. The summed E-state index contributed by atoms with van der Waals surface area (Å²) in [5, 5.41) is 0. The summed E-state index contributed by atoms with van der Waals surface area (Å²) in [6.07, 6.45) is 1.81. The second-order valence-electron chi connectivity index (χ2n) is 4.30. The van der Waals surface area contributed by atoms with Crippen molar-refractivity contribution in [3.05, 3.63) is 17.6 Å². The monoisotopic (exact) mass is 269 g/mol. The zero-order valence-corrected chi connectivity index (χ0v) is 12.1. The van der Waals surface area contributed by atoms with Crippen LogP contribution in [0.1, 0.15) is 39.4 Å². The van der Waals surface area contributed by atoms with Crippen LogP contribution in [0.2, 0.25) is 0 Å². The van der Waals surface area contributed by atoms with Crippen molar-refractivity contribution < 1.29 is 0 Å². The molecule has 0 aromatic carbocycles. The summed E-state index contributed by atoms with van der Waals surface area (Å²) >= 11 is 0. The highest BCUT2D eigenvalue weighted by molar-refractivity contribution is 5.85. The summed E-state index contributed by atoms with van der Waals surface area (Å²) in [6, 6.07) is 0. The van der Waals surface area contributed by atoms with E-state index in [1.807, 2.05) is 17.8 Å². The highest BCUT2D eigenvalue weighted by atomic mass is 35.5. The Morgan fingerprint density at radius 3 is 2.67 bits per heavy atom. The first kappa shape index (κ1) is 14.7. The van der Waals surface area contributed by atoms with Crippen molar-refractivity contribution in [2.75, 3.05) is 6.54 Å². The zero-order valence-electron chi connectivity index (χ0n) is 11.3. The minimum Gasteiger partial charge on any atom is -0.337 e. The molecular formula is C12H20ClN5. The van der Waals surface area contributed by atoms with Crippen molar-refractivity contribution in [2.24, 2.45) is 4.99 Å². The van der Waals surface area contributed by atoms with Crippen LogP contribution in [-0.2, 0) is 6.54 Å². The number of nitrogens with zero attached hydrogens (tertiary/aromatic N) is 4. The number of H-pyrrole nitrogens is 1. The van der Waals surface area contributed by atoms with E-state index in [1.165, 1.54) is 0 Å². The average Bonchev–Trinajstić information content (AvgIpc) is 2.75. The van der Waals surface area contributed by atoms with E-state index < -0.39 is 0 Å². The van der Waals surface area contributed by atoms with Gasteiger partial charge in [-0.3, -0.25) is 4.99 Å². The van der Waals surface area contributed by atoms with Gasteiger partial charge in [0.15, 0.2) is 11.1 Å². The van der Waals surface area contributed by atoms with Crippen LogP contribution in [0, 0.1) is 0 Å². The number of hydrogen-bond acceptors (Lipinski definition) is 3.